The zero-order valence-electron chi connectivity index (χ0n) is 16.2. The van der Waals surface area contributed by atoms with Gasteiger partial charge in [0.25, 0.3) is 5.69 Å². The van der Waals surface area contributed by atoms with Crippen molar-refractivity contribution in [2.24, 2.45) is 5.92 Å². The lowest BCUT2D eigenvalue weighted by atomic mass is 9.95. The highest BCUT2D eigenvalue weighted by molar-refractivity contribution is 7.18. The highest BCUT2D eigenvalue weighted by atomic mass is 32.1. The molecule has 0 spiro atoms. The van der Waals surface area contributed by atoms with Crippen LogP contribution in [0.5, 0.6) is 0 Å². The number of thiophene rings is 1. The molecule has 1 aromatic carbocycles. The van der Waals surface area contributed by atoms with Gasteiger partial charge in [0, 0.05) is 41.7 Å². The van der Waals surface area contributed by atoms with Crippen molar-refractivity contribution in [2.45, 2.75) is 26.7 Å². The number of carbonyl (C=O) groups excluding carboxylic acids is 1. The predicted molar refractivity (Wildman–Crippen MR) is 114 cm³/mol. The first kappa shape index (κ1) is 19.3. The molecule has 1 aliphatic heterocycles. The fraction of sp³-hybridized carbons (Fsp3) is 0.350. The van der Waals surface area contributed by atoms with E-state index in [1.807, 2.05) is 0 Å². The first-order valence-corrected chi connectivity index (χ1v) is 10.3. The van der Waals surface area contributed by atoms with E-state index >= 15 is 0 Å². The van der Waals surface area contributed by atoms with Gasteiger partial charge in [0.05, 0.1) is 10.3 Å². The molecule has 9 heteroatoms. The van der Waals surface area contributed by atoms with Crippen LogP contribution < -0.4 is 10.2 Å². The number of amides is 1. The van der Waals surface area contributed by atoms with Crippen molar-refractivity contribution >= 4 is 44.7 Å². The van der Waals surface area contributed by atoms with E-state index in [4.69, 9.17) is 0 Å². The minimum Gasteiger partial charge on any atom is -0.356 e. The maximum atomic E-state index is 12.6. The van der Waals surface area contributed by atoms with Gasteiger partial charge in [0.2, 0.25) is 5.91 Å². The molecule has 0 aliphatic carbocycles. The van der Waals surface area contributed by atoms with Crippen LogP contribution in [-0.4, -0.2) is 33.9 Å². The maximum Gasteiger partial charge on any atom is 0.269 e. The van der Waals surface area contributed by atoms with Crippen LogP contribution in [0.25, 0.3) is 10.2 Å². The molecular formula is C20H21N5O3S. The lowest BCUT2D eigenvalue weighted by Gasteiger charge is -2.32. The molecule has 0 saturated carbocycles. The summed E-state index contributed by atoms with van der Waals surface area (Å²) in [4.78, 5) is 36.3. The van der Waals surface area contributed by atoms with Crippen LogP contribution >= 0.6 is 11.3 Å². The first-order valence-electron chi connectivity index (χ1n) is 9.45. The number of rotatable bonds is 4. The van der Waals surface area contributed by atoms with Crippen LogP contribution in [0.15, 0.2) is 30.6 Å². The van der Waals surface area contributed by atoms with Crippen LogP contribution in [0.1, 0.15) is 23.3 Å². The lowest BCUT2D eigenvalue weighted by Crippen LogP contribution is -2.38. The number of aryl methyl sites for hydroxylation is 2. The normalized spacial score (nSPS) is 14.9. The van der Waals surface area contributed by atoms with Gasteiger partial charge in [-0.3, -0.25) is 14.9 Å². The molecule has 1 saturated heterocycles. The quantitative estimate of drug-likeness (QED) is 0.513. The number of benzene rings is 1. The summed E-state index contributed by atoms with van der Waals surface area (Å²) in [6.07, 6.45) is 3.07. The molecule has 3 aromatic rings. The number of non-ortho nitro benzene ring substituents is 1. The number of hydrogen-bond donors (Lipinski definition) is 1. The van der Waals surface area contributed by atoms with Crippen molar-refractivity contribution in [3.8, 4) is 0 Å². The number of nitrogens with zero attached hydrogens (tertiary/aromatic N) is 4. The number of piperidine rings is 1. The maximum absolute atomic E-state index is 12.6. The van der Waals surface area contributed by atoms with Crippen molar-refractivity contribution in [1.29, 1.82) is 0 Å². The summed E-state index contributed by atoms with van der Waals surface area (Å²) in [5, 5.41) is 14.7. The highest BCUT2D eigenvalue weighted by Crippen LogP contribution is 2.35. The summed E-state index contributed by atoms with van der Waals surface area (Å²) in [6.45, 7) is 5.70. The molecule has 0 radical (unpaired) electrons. The molecule has 1 amide bonds. The Labute approximate surface area is 171 Å². The Hall–Kier alpha value is -3.07. The molecule has 29 heavy (non-hydrogen) atoms. The number of anilines is 2. The topological polar surface area (TPSA) is 101 Å². The Balaban J connectivity index is 1.42. The molecule has 4 rings (SSSR count). The average Bonchev–Trinajstić information content (AvgIpc) is 3.02. The Kier molecular flexibility index (Phi) is 5.14. The van der Waals surface area contributed by atoms with Gasteiger partial charge in [-0.05, 0) is 44.4 Å². The summed E-state index contributed by atoms with van der Waals surface area (Å²) in [6, 6.07) is 5.91. The summed E-state index contributed by atoms with van der Waals surface area (Å²) >= 11 is 1.68. The molecule has 2 aromatic heterocycles. The van der Waals surface area contributed by atoms with Crippen LogP contribution in [0, 0.1) is 29.9 Å². The van der Waals surface area contributed by atoms with E-state index in [-0.39, 0.29) is 17.5 Å². The van der Waals surface area contributed by atoms with Crippen LogP contribution in [0.2, 0.25) is 0 Å². The molecule has 3 heterocycles. The summed E-state index contributed by atoms with van der Waals surface area (Å²) in [5.74, 6) is 0.809. The SMILES string of the molecule is Cc1sc2ncnc(N3CCC(C(=O)Nc4ccc([N+](=O)[O-])cc4)CC3)c2c1C. The molecule has 150 valence electrons. The monoisotopic (exact) mass is 411 g/mol. The standard InChI is InChI=1S/C20H21N5O3S/c1-12-13(2)29-20-17(12)18(21-11-22-20)24-9-7-14(8-10-24)19(26)23-15-3-5-16(6-4-15)25(27)28/h3-6,11,14H,7-10H2,1-2H3,(H,23,26). The van der Waals surface area contributed by atoms with Gasteiger partial charge in [-0.2, -0.15) is 0 Å². The Morgan fingerprint density at radius 1 is 1.21 bits per heavy atom. The van der Waals surface area contributed by atoms with E-state index in [0.717, 1.165) is 42.0 Å². The summed E-state index contributed by atoms with van der Waals surface area (Å²) < 4.78 is 0. The largest absolute Gasteiger partial charge is 0.356 e. The van der Waals surface area contributed by atoms with Gasteiger partial charge in [-0.25, -0.2) is 9.97 Å². The third-order valence-electron chi connectivity index (χ3n) is 5.46. The molecule has 1 aliphatic rings. The van der Waals surface area contributed by atoms with E-state index < -0.39 is 4.92 Å². The Morgan fingerprint density at radius 3 is 2.55 bits per heavy atom. The van der Waals surface area contributed by atoms with Gasteiger partial charge in [0.15, 0.2) is 0 Å². The first-order chi connectivity index (χ1) is 13.9. The number of nitrogens with one attached hydrogen (secondary N) is 1. The summed E-state index contributed by atoms with van der Waals surface area (Å²) in [5.41, 5.74) is 1.80. The summed E-state index contributed by atoms with van der Waals surface area (Å²) in [7, 11) is 0. The number of nitro benzene ring substituents is 1. The van der Waals surface area contributed by atoms with E-state index in [1.54, 1.807) is 29.8 Å². The molecule has 0 bridgehead atoms. The number of fused-ring (bicyclic) bond motifs is 1. The minimum atomic E-state index is -0.456. The predicted octanol–water partition coefficient (Wildman–Crippen LogP) is 4.07. The molecule has 0 atom stereocenters. The number of carbonyl (C=O) groups is 1. The van der Waals surface area contributed by atoms with Gasteiger partial charge in [-0.1, -0.05) is 0 Å². The van der Waals surface area contributed by atoms with E-state index in [0.29, 0.717) is 5.69 Å². The van der Waals surface area contributed by atoms with Crippen molar-refractivity contribution in [3.63, 3.8) is 0 Å². The average molecular weight is 411 g/mol. The minimum absolute atomic E-state index is 0.00596. The van der Waals surface area contributed by atoms with Gasteiger partial charge in [-0.15, -0.1) is 11.3 Å². The molecule has 1 N–H and O–H groups in total. The third kappa shape index (κ3) is 3.77. The third-order valence-corrected chi connectivity index (χ3v) is 6.57. The zero-order chi connectivity index (χ0) is 20.5. The van der Waals surface area contributed by atoms with Crippen LogP contribution in [0.4, 0.5) is 17.2 Å². The van der Waals surface area contributed by atoms with E-state index in [2.05, 4.69) is 34.0 Å². The van der Waals surface area contributed by atoms with Gasteiger partial charge < -0.3 is 10.2 Å². The smallest absolute Gasteiger partial charge is 0.269 e. The fourth-order valence-electron chi connectivity index (χ4n) is 3.67. The van der Waals surface area contributed by atoms with Crippen molar-refractivity contribution in [3.05, 3.63) is 51.1 Å². The Bertz CT molecular complexity index is 1070. The molecule has 8 nitrogen and oxygen atoms in total. The Morgan fingerprint density at radius 2 is 1.90 bits per heavy atom. The van der Waals surface area contributed by atoms with Crippen LogP contribution in [0.3, 0.4) is 0 Å². The number of aromatic nitrogens is 2. The second kappa shape index (κ2) is 7.75. The van der Waals surface area contributed by atoms with Crippen LogP contribution in [-0.2, 0) is 4.79 Å². The second-order valence-electron chi connectivity index (χ2n) is 7.22. The zero-order valence-corrected chi connectivity index (χ0v) is 17.0. The number of hydrogen-bond acceptors (Lipinski definition) is 7. The van der Waals surface area contributed by atoms with Crippen molar-refractivity contribution in [2.75, 3.05) is 23.3 Å². The van der Waals surface area contributed by atoms with Gasteiger partial charge >= 0.3 is 0 Å². The lowest BCUT2D eigenvalue weighted by molar-refractivity contribution is -0.384. The van der Waals surface area contributed by atoms with E-state index in [9.17, 15) is 14.9 Å². The van der Waals surface area contributed by atoms with E-state index in [1.165, 1.54) is 22.6 Å². The fourth-order valence-corrected chi connectivity index (χ4v) is 4.66. The molecular weight excluding hydrogens is 390 g/mol. The van der Waals surface area contributed by atoms with Crippen molar-refractivity contribution < 1.29 is 9.72 Å². The van der Waals surface area contributed by atoms with Crippen molar-refractivity contribution in [1.82, 2.24) is 9.97 Å². The number of nitro groups is 1. The highest BCUT2D eigenvalue weighted by Gasteiger charge is 2.27. The molecule has 1 fully saturated rings. The second-order valence-corrected chi connectivity index (χ2v) is 8.42. The van der Waals surface area contributed by atoms with Gasteiger partial charge in [0.1, 0.15) is 17.0 Å². The molecule has 0 unspecified atom stereocenters.